The number of piperidine rings is 2. The fourth-order valence-corrected chi connectivity index (χ4v) is 2.50. The molecule has 2 rings (SSSR count). The van der Waals surface area contributed by atoms with Gasteiger partial charge in [0, 0.05) is 12.1 Å². The molecule has 2 heteroatoms. The fraction of sp³-hybridized carbons (Fsp3) is 1.00. The van der Waals surface area contributed by atoms with Crippen LogP contribution in [0.25, 0.3) is 0 Å². The van der Waals surface area contributed by atoms with E-state index in [-0.39, 0.29) is 0 Å². The minimum absolute atomic E-state index is 0.476. The highest BCUT2D eigenvalue weighted by Gasteiger charge is 2.30. The van der Waals surface area contributed by atoms with Gasteiger partial charge in [0.05, 0.1) is 0 Å². The molecular weight excluding hydrogens is 136 g/mol. The molecular formula is C9H18N2. The number of hydrogen-bond donors (Lipinski definition) is 1. The Morgan fingerprint density at radius 3 is 2.64 bits per heavy atom. The van der Waals surface area contributed by atoms with E-state index in [1.54, 1.807) is 0 Å². The molecule has 2 atom stereocenters. The van der Waals surface area contributed by atoms with E-state index in [1.165, 1.54) is 45.2 Å². The monoisotopic (exact) mass is 154 g/mol. The highest BCUT2D eigenvalue weighted by molar-refractivity contribution is 4.89. The molecule has 2 aliphatic heterocycles. The van der Waals surface area contributed by atoms with E-state index in [0.29, 0.717) is 6.04 Å². The second-order valence-electron chi connectivity index (χ2n) is 3.91. The first-order chi connectivity index (χ1) is 5.38. The van der Waals surface area contributed by atoms with Gasteiger partial charge in [0.25, 0.3) is 0 Å². The second-order valence-corrected chi connectivity index (χ2v) is 3.91. The van der Waals surface area contributed by atoms with Crippen molar-refractivity contribution in [2.45, 2.75) is 44.2 Å². The molecule has 2 heterocycles. The summed E-state index contributed by atoms with van der Waals surface area (Å²) in [6, 6.07) is 1.21. The maximum Gasteiger partial charge on any atom is 0.0247 e. The molecule has 64 valence electrons. The lowest BCUT2D eigenvalue weighted by Gasteiger charge is -2.42. The van der Waals surface area contributed by atoms with Crippen LogP contribution in [0.3, 0.4) is 0 Å². The lowest BCUT2D eigenvalue weighted by molar-refractivity contribution is 0.0914. The van der Waals surface area contributed by atoms with Crippen molar-refractivity contribution >= 4 is 0 Å². The average molecular weight is 154 g/mol. The molecule has 2 saturated heterocycles. The summed E-state index contributed by atoms with van der Waals surface area (Å²) in [5.74, 6) is 0. The predicted octanol–water partition coefficient (Wildman–Crippen LogP) is 0.962. The Bertz CT molecular complexity index is 134. The third kappa shape index (κ3) is 1.42. The van der Waals surface area contributed by atoms with Gasteiger partial charge < -0.3 is 5.73 Å². The van der Waals surface area contributed by atoms with Crippen molar-refractivity contribution in [2.24, 2.45) is 5.73 Å². The molecule has 2 N–H and O–H groups in total. The second kappa shape index (κ2) is 3.11. The van der Waals surface area contributed by atoms with Gasteiger partial charge in [0.15, 0.2) is 0 Å². The largest absolute Gasteiger partial charge is 0.326 e. The lowest BCUT2D eigenvalue weighted by atomic mass is 9.89. The Labute approximate surface area is 68.7 Å². The molecule has 0 bridgehead atoms. The summed E-state index contributed by atoms with van der Waals surface area (Å²) in [4.78, 5) is 2.59. The Hall–Kier alpha value is -0.0800. The molecule has 0 aromatic rings. The number of hydrogen-bond acceptors (Lipinski definition) is 2. The molecule has 0 unspecified atom stereocenters. The van der Waals surface area contributed by atoms with Crippen molar-refractivity contribution in [2.75, 3.05) is 13.1 Å². The van der Waals surface area contributed by atoms with Gasteiger partial charge in [-0.1, -0.05) is 6.42 Å². The maximum atomic E-state index is 6.05. The first-order valence-corrected chi connectivity index (χ1v) is 4.87. The van der Waals surface area contributed by atoms with Gasteiger partial charge in [0.2, 0.25) is 0 Å². The van der Waals surface area contributed by atoms with E-state index >= 15 is 0 Å². The van der Waals surface area contributed by atoms with E-state index in [4.69, 9.17) is 5.73 Å². The standard InChI is InChI=1S/C9H18N2/c10-8-4-3-7-11-6-2-1-5-9(8)11/h8-9H,1-7,10H2/t8-,9+/m0/s1. The summed E-state index contributed by atoms with van der Waals surface area (Å²) < 4.78 is 0. The molecule has 2 aliphatic rings. The van der Waals surface area contributed by atoms with Crippen molar-refractivity contribution < 1.29 is 0 Å². The van der Waals surface area contributed by atoms with Crippen molar-refractivity contribution in [1.82, 2.24) is 4.90 Å². The van der Waals surface area contributed by atoms with Crippen LogP contribution in [-0.4, -0.2) is 30.1 Å². The molecule has 0 spiro atoms. The molecule has 0 aliphatic carbocycles. The van der Waals surface area contributed by atoms with Gasteiger partial charge >= 0.3 is 0 Å². The van der Waals surface area contributed by atoms with Crippen LogP contribution in [0.15, 0.2) is 0 Å². The summed E-state index contributed by atoms with van der Waals surface area (Å²) in [5, 5.41) is 0. The van der Waals surface area contributed by atoms with E-state index in [9.17, 15) is 0 Å². The smallest absolute Gasteiger partial charge is 0.0247 e. The fourth-order valence-electron chi connectivity index (χ4n) is 2.50. The maximum absolute atomic E-state index is 6.05. The van der Waals surface area contributed by atoms with E-state index in [0.717, 1.165) is 6.04 Å². The lowest BCUT2D eigenvalue weighted by Crippen LogP contribution is -2.53. The Kier molecular flexibility index (Phi) is 2.14. The quantitative estimate of drug-likeness (QED) is 0.563. The Balaban J connectivity index is 1.99. The van der Waals surface area contributed by atoms with Gasteiger partial charge in [-0.25, -0.2) is 0 Å². The minimum Gasteiger partial charge on any atom is -0.326 e. The van der Waals surface area contributed by atoms with Crippen molar-refractivity contribution in [3.63, 3.8) is 0 Å². The van der Waals surface area contributed by atoms with Crippen LogP contribution < -0.4 is 5.73 Å². The first kappa shape index (κ1) is 7.56. The van der Waals surface area contributed by atoms with Gasteiger partial charge in [-0.15, -0.1) is 0 Å². The minimum atomic E-state index is 0.476. The molecule has 11 heavy (non-hydrogen) atoms. The van der Waals surface area contributed by atoms with E-state index in [2.05, 4.69) is 4.90 Å². The molecule has 0 aromatic heterocycles. The van der Waals surface area contributed by atoms with E-state index < -0.39 is 0 Å². The normalized spacial score (nSPS) is 40.1. The van der Waals surface area contributed by atoms with Crippen LogP contribution in [-0.2, 0) is 0 Å². The number of nitrogens with zero attached hydrogens (tertiary/aromatic N) is 1. The third-order valence-electron chi connectivity index (χ3n) is 3.14. The highest BCUT2D eigenvalue weighted by Crippen LogP contribution is 2.24. The van der Waals surface area contributed by atoms with Crippen LogP contribution in [0, 0.1) is 0 Å². The molecule has 0 amide bonds. The molecule has 0 saturated carbocycles. The molecule has 2 fully saturated rings. The van der Waals surface area contributed by atoms with Crippen LogP contribution in [0.5, 0.6) is 0 Å². The zero-order valence-electron chi connectivity index (χ0n) is 7.13. The first-order valence-electron chi connectivity index (χ1n) is 4.87. The zero-order chi connectivity index (χ0) is 7.68. The SMILES string of the molecule is N[C@H]1CCCN2CCCC[C@H]12. The van der Waals surface area contributed by atoms with Gasteiger partial charge in [-0.2, -0.15) is 0 Å². The van der Waals surface area contributed by atoms with Crippen molar-refractivity contribution in [3.05, 3.63) is 0 Å². The summed E-state index contributed by atoms with van der Waals surface area (Å²) >= 11 is 0. The summed E-state index contributed by atoms with van der Waals surface area (Å²) in [5.41, 5.74) is 6.05. The Morgan fingerprint density at radius 2 is 1.82 bits per heavy atom. The van der Waals surface area contributed by atoms with Gasteiger partial charge in [-0.3, -0.25) is 4.90 Å². The number of nitrogens with two attached hydrogens (primary N) is 1. The van der Waals surface area contributed by atoms with E-state index in [1.807, 2.05) is 0 Å². The van der Waals surface area contributed by atoms with Gasteiger partial charge in [0.1, 0.15) is 0 Å². The number of fused-ring (bicyclic) bond motifs is 1. The summed E-state index contributed by atoms with van der Waals surface area (Å²) in [7, 11) is 0. The number of rotatable bonds is 0. The zero-order valence-corrected chi connectivity index (χ0v) is 7.13. The summed E-state index contributed by atoms with van der Waals surface area (Å²) in [6.07, 6.45) is 6.71. The average Bonchev–Trinajstić information content (AvgIpc) is 2.06. The molecule has 0 aromatic carbocycles. The molecule has 2 nitrogen and oxygen atoms in total. The highest BCUT2D eigenvalue weighted by atomic mass is 15.2. The van der Waals surface area contributed by atoms with Crippen LogP contribution in [0.1, 0.15) is 32.1 Å². The summed E-state index contributed by atoms with van der Waals surface area (Å²) in [6.45, 7) is 2.61. The topological polar surface area (TPSA) is 29.3 Å². The van der Waals surface area contributed by atoms with Crippen molar-refractivity contribution in [1.29, 1.82) is 0 Å². The van der Waals surface area contributed by atoms with Crippen molar-refractivity contribution in [3.8, 4) is 0 Å². The van der Waals surface area contributed by atoms with Crippen LogP contribution >= 0.6 is 0 Å². The molecule has 0 radical (unpaired) electrons. The van der Waals surface area contributed by atoms with Crippen LogP contribution in [0.2, 0.25) is 0 Å². The van der Waals surface area contributed by atoms with Gasteiger partial charge in [-0.05, 0) is 38.8 Å². The Morgan fingerprint density at radius 1 is 1.00 bits per heavy atom. The predicted molar refractivity (Wildman–Crippen MR) is 46.4 cm³/mol. The van der Waals surface area contributed by atoms with Crippen LogP contribution in [0.4, 0.5) is 0 Å². The third-order valence-corrected chi connectivity index (χ3v) is 3.14.